The summed E-state index contributed by atoms with van der Waals surface area (Å²) in [7, 11) is 0. The fraction of sp³-hybridized carbons (Fsp3) is 0.278. The third-order valence-electron chi connectivity index (χ3n) is 3.77. The van der Waals surface area contributed by atoms with E-state index in [9.17, 15) is 9.59 Å². The standard InChI is InChI=1S/C18H21N3O3/c1-11-8-13(3)16(9-12(11)2)14(4)20-21-18(23)17(22)19-10-15-6-5-7-24-15/h5-9H,10H2,1-4H3,(H,19,22)(H,21,23)/b20-14-. The van der Waals surface area contributed by atoms with Crippen molar-refractivity contribution in [2.75, 3.05) is 0 Å². The summed E-state index contributed by atoms with van der Waals surface area (Å²) in [6, 6.07) is 7.51. The Morgan fingerprint density at radius 1 is 1.08 bits per heavy atom. The number of hydrazone groups is 1. The Morgan fingerprint density at radius 3 is 2.46 bits per heavy atom. The van der Waals surface area contributed by atoms with Gasteiger partial charge in [0, 0.05) is 5.56 Å². The molecular formula is C18H21N3O3. The summed E-state index contributed by atoms with van der Waals surface area (Å²) in [6.45, 7) is 7.99. The molecule has 0 aliphatic rings. The van der Waals surface area contributed by atoms with Gasteiger partial charge in [-0.2, -0.15) is 5.10 Å². The number of nitrogens with one attached hydrogen (secondary N) is 2. The third kappa shape index (κ3) is 4.32. The second-order valence-electron chi connectivity index (χ2n) is 5.65. The molecule has 1 heterocycles. The monoisotopic (exact) mass is 327 g/mol. The number of furan rings is 1. The lowest BCUT2D eigenvalue weighted by Crippen LogP contribution is -2.37. The van der Waals surface area contributed by atoms with Crippen molar-refractivity contribution in [2.24, 2.45) is 5.10 Å². The molecule has 0 atom stereocenters. The molecule has 1 aromatic heterocycles. The molecule has 0 aliphatic carbocycles. The highest BCUT2D eigenvalue weighted by Crippen LogP contribution is 2.16. The van der Waals surface area contributed by atoms with Crippen LogP contribution in [0.1, 0.15) is 34.9 Å². The van der Waals surface area contributed by atoms with E-state index in [0.717, 1.165) is 16.7 Å². The highest BCUT2D eigenvalue weighted by molar-refractivity contribution is 6.35. The van der Waals surface area contributed by atoms with Gasteiger partial charge in [0.25, 0.3) is 0 Å². The number of nitrogens with zero attached hydrogens (tertiary/aromatic N) is 1. The first kappa shape index (κ1) is 17.5. The van der Waals surface area contributed by atoms with Crippen LogP contribution in [0.15, 0.2) is 40.0 Å². The summed E-state index contributed by atoms with van der Waals surface area (Å²) in [5.41, 5.74) is 7.27. The first-order valence-corrected chi connectivity index (χ1v) is 7.61. The van der Waals surface area contributed by atoms with Gasteiger partial charge in [0.15, 0.2) is 0 Å². The molecule has 2 N–H and O–H groups in total. The van der Waals surface area contributed by atoms with Gasteiger partial charge in [-0.25, -0.2) is 5.43 Å². The SMILES string of the molecule is C/C(=N/NC(=O)C(=O)NCc1ccco1)c1cc(C)c(C)cc1C. The van der Waals surface area contributed by atoms with Gasteiger partial charge in [0.2, 0.25) is 0 Å². The molecule has 0 aliphatic heterocycles. The van der Waals surface area contributed by atoms with E-state index in [1.807, 2.05) is 26.8 Å². The minimum absolute atomic E-state index is 0.151. The molecule has 6 nitrogen and oxygen atoms in total. The van der Waals surface area contributed by atoms with Crippen LogP contribution in [-0.2, 0) is 16.1 Å². The molecule has 1 aromatic carbocycles. The van der Waals surface area contributed by atoms with Crippen LogP contribution in [0.3, 0.4) is 0 Å². The van der Waals surface area contributed by atoms with Crippen molar-refractivity contribution in [3.8, 4) is 0 Å². The maximum absolute atomic E-state index is 11.8. The molecule has 6 heteroatoms. The maximum atomic E-state index is 11.8. The molecule has 2 rings (SSSR count). The zero-order valence-corrected chi connectivity index (χ0v) is 14.3. The van der Waals surface area contributed by atoms with Gasteiger partial charge < -0.3 is 9.73 Å². The molecule has 2 aromatic rings. The number of benzene rings is 1. The molecule has 24 heavy (non-hydrogen) atoms. The van der Waals surface area contributed by atoms with Crippen LogP contribution < -0.4 is 10.7 Å². The second kappa shape index (κ2) is 7.59. The predicted octanol–water partition coefficient (Wildman–Crippen LogP) is 2.36. The van der Waals surface area contributed by atoms with Crippen LogP contribution in [0.4, 0.5) is 0 Å². The molecule has 126 valence electrons. The Kier molecular flexibility index (Phi) is 5.52. The van der Waals surface area contributed by atoms with E-state index in [-0.39, 0.29) is 6.54 Å². The van der Waals surface area contributed by atoms with Crippen molar-refractivity contribution in [1.82, 2.24) is 10.7 Å². The van der Waals surface area contributed by atoms with Crippen LogP contribution >= 0.6 is 0 Å². The maximum Gasteiger partial charge on any atom is 0.329 e. The van der Waals surface area contributed by atoms with Crippen LogP contribution in [0.25, 0.3) is 0 Å². The van der Waals surface area contributed by atoms with Crippen molar-refractivity contribution in [1.29, 1.82) is 0 Å². The van der Waals surface area contributed by atoms with Gasteiger partial charge in [-0.15, -0.1) is 0 Å². The van der Waals surface area contributed by atoms with Gasteiger partial charge >= 0.3 is 11.8 Å². The van der Waals surface area contributed by atoms with Gasteiger partial charge in [0.1, 0.15) is 5.76 Å². The number of carbonyl (C=O) groups is 2. The quantitative estimate of drug-likeness (QED) is 0.514. The molecule has 0 radical (unpaired) electrons. The number of amides is 2. The van der Waals surface area contributed by atoms with E-state index in [2.05, 4.69) is 21.9 Å². The Balaban J connectivity index is 1.97. The summed E-state index contributed by atoms with van der Waals surface area (Å²) in [5, 5.41) is 6.49. The zero-order valence-electron chi connectivity index (χ0n) is 14.3. The van der Waals surface area contributed by atoms with Crippen LogP contribution in [0, 0.1) is 20.8 Å². The normalized spacial score (nSPS) is 11.2. The van der Waals surface area contributed by atoms with E-state index in [1.54, 1.807) is 19.1 Å². The minimum atomic E-state index is -0.817. The topological polar surface area (TPSA) is 83.7 Å². The Morgan fingerprint density at radius 2 is 1.79 bits per heavy atom. The summed E-state index contributed by atoms with van der Waals surface area (Å²) in [4.78, 5) is 23.5. The average molecular weight is 327 g/mol. The van der Waals surface area contributed by atoms with Crippen LogP contribution in [0.5, 0.6) is 0 Å². The number of hydrogen-bond donors (Lipinski definition) is 2. The Hall–Kier alpha value is -2.89. The molecule has 2 amide bonds. The van der Waals surface area contributed by atoms with E-state index in [4.69, 9.17) is 4.42 Å². The summed E-state index contributed by atoms with van der Waals surface area (Å²) >= 11 is 0. The molecule has 0 fully saturated rings. The highest BCUT2D eigenvalue weighted by atomic mass is 16.3. The molecule has 0 saturated heterocycles. The molecular weight excluding hydrogens is 306 g/mol. The lowest BCUT2D eigenvalue weighted by Gasteiger charge is -2.09. The number of carbonyl (C=O) groups excluding carboxylic acids is 2. The van der Waals surface area contributed by atoms with E-state index in [1.165, 1.54) is 11.8 Å². The van der Waals surface area contributed by atoms with Gasteiger partial charge in [-0.3, -0.25) is 9.59 Å². The molecule has 0 unspecified atom stereocenters. The van der Waals surface area contributed by atoms with E-state index < -0.39 is 11.8 Å². The van der Waals surface area contributed by atoms with Gasteiger partial charge in [0.05, 0.1) is 18.5 Å². The molecule has 0 spiro atoms. The summed E-state index contributed by atoms with van der Waals surface area (Å²) < 4.78 is 5.08. The first-order valence-electron chi connectivity index (χ1n) is 7.61. The van der Waals surface area contributed by atoms with Crippen molar-refractivity contribution >= 4 is 17.5 Å². The fourth-order valence-electron chi connectivity index (χ4n) is 2.26. The summed E-state index contributed by atoms with van der Waals surface area (Å²) in [5.74, 6) is -1.01. The smallest absolute Gasteiger partial charge is 0.329 e. The van der Waals surface area contributed by atoms with Crippen LogP contribution in [-0.4, -0.2) is 17.5 Å². The largest absolute Gasteiger partial charge is 0.467 e. The van der Waals surface area contributed by atoms with E-state index >= 15 is 0 Å². The number of hydrogen-bond acceptors (Lipinski definition) is 4. The van der Waals surface area contributed by atoms with Crippen LogP contribution in [0.2, 0.25) is 0 Å². The molecule has 0 bridgehead atoms. The van der Waals surface area contributed by atoms with E-state index in [0.29, 0.717) is 11.5 Å². The Labute approximate surface area is 140 Å². The highest BCUT2D eigenvalue weighted by Gasteiger charge is 2.13. The third-order valence-corrected chi connectivity index (χ3v) is 3.77. The lowest BCUT2D eigenvalue weighted by molar-refractivity contribution is -0.139. The van der Waals surface area contributed by atoms with Crippen molar-refractivity contribution in [3.63, 3.8) is 0 Å². The average Bonchev–Trinajstić information content (AvgIpc) is 3.06. The van der Waals surface area contributed by atoms with Gasteiger partial charge in [-0.1, -0.05) is 6.07 Å². The van der Waals surface area contributed by atoms with Crippen molar-refractivity contribution in [3.05, 3.63) is 58.5 Å². The fourth-order valence-corrected chi connectivity index (χ4v) is 2.26. The first-order chi connectivity index (χ1) is 11.4. The Bertz CT molecular complexity index is 777. The summed E-state index contributed by atoms with van der Waals surface area (Å²) in [6.07, 6.45) is 1.50. The second-order valence-corrected chi connectivity index (χ2v) is 5.65. The van der Waals surface area contributed by atoms with Crippen molar-refractivity contribution in [2.45, 2.75) is 34.2 Å². The zero-order chi connectivity index (χ0) is 17.7. The predicted molar refractivity (Wildman–Crippen MR) is 91.6 cm³/mol. The van der Waals surface area contributed by atoms with Crippen molar-refractivity contribution < 1.29 is 14.0 Å². The van der Waals surface area contributed by atoms with Gasteiger partial charge in [-0.05, 0) is 62.6 Å². The molecule has 0 saturated carbocycles. The number of rotatable bonds is 4. The lowest BCUT2D eigenvalue weighted by atomic mass is 9.98. The number of aryl methyl sites for hydroxylation is 3. The minimum Gasteiger partial charge on any atom is -0.467 e.